The van der Waals surface area contributed by atoms with E-state index in [1.807, 2.05) is 4.68 Å². The first kappa shape index (κ1) is 14.5. The lowest BCUT2D eigenvalue weighted by Gasteiger charge is -2.21. The van der Waals surface area contributed by atoms with Crippen LogP contribution in [-0.2, 0) is 0 Å². The molecule has 5 nitrogen and oxygen atoms in total. The van der Waals surface area contributed by atoms with E-state index in [0.29, 0.717) is 33.7 Å². The van der Waals surface area contributed by atoms with Crippen molar-refractivity contribution in [3.63, 3.8) is 0 Å². The summed E-state index contributed by atoms with van der Waals surface area (Å²) in [7, 11) is 0. The van der Waals surface area contributed by atoms with E-state index in [9.17, 15) is 0 Å². The fraction of sp³-hybridized carbons (Fsp3) is 0.429. The molecule has 2 aromatic rings. The van der Waals surface area contributed by atoms with Crippen LogP contribution in [0.3, 0.4) is 0 Å². The molecule has 0 saturated heterocycles. The van der Waals surface area contributed by atoms with Gasteiger partial charge in [0.25, 0.3) is 0 Å². The Morgan fingerprint density at radius 2 is 1.95 bits per heavy atom. The van der Waals surface area contributed by atoms with Crippen molar-refractivity contribution < 1.29 is 0 Å². The fourth-order valence-electron chi connectivity index (χ4n) is 2.69. The molecular weight excluding hydrogens is 309 g/mol. The van der Waals surface area contributed by atoms with Crippen molar-refractivity contribution in [3.8, 4) is 0 Å². The van der Waals surface area contributed by atoms with E-state index in [1.54, 1.807) is 18.2 Å². The van der Waals surface area contributed by atoms with Crippen LogP contribution in [0.2, 0.25) is 10.0 Å². The molecule has 3 N–H and O–H groups in total. The number of aromatic nitrogens is 3. The summed E-state index contributed by atoms with van der Waals surface area (Å²) in [6.45, 7) is 0. The quantitative estimate of drug-likeness (QED) is 0.876. The normalized spacial score (nSPS) is 16.1. The van der Waals surface area contributed by atoms with Gasteiger partial charge in [-0.1, -0.05) is 42.5 Å². The molecule has 0 bridgehead atoms. The van der Waals surface area contributed by atoms with Crippen LogP contribution >= 0.6 is 23.2 Å². The third kappa shape index (κ3) is 3.24. The lowest BCUT2D eigenvalue weighted by molar-refractivity contribution is 0.333. The minimum absolute atomic E-state index is 0.350. The van der Waals surface area contributed by atoms with Crippen LogP contribution in [0.25, 0.3) is 0 Å². The third-order valence-corrected chi connectivity index (χ3v) is 4.30. The minimum atomic E-state index is 0.350. The van der Waals surface area contributed by atoms with Gasteiger partial charge in [0.2, 0.25) is 11.9 Å². The molecular formula is C14H17Cl2N5. The van der Waals surface area contributed by atoms with Crippen molar-refractivity contribution >= 4 is 40.8 Å². The van der Waals surface area contributed by atoms with Gasteiger partial charge in [-0.2, -0.15) is 4.98 Å². The fourth-order valence-corrected chi connectivity index (χ4v) is 3.15. The Balaban J connectivity index is 1.80. The van der Waals surface area contributed by atoms with Crippen molar-refractivity contribution in [2.45, 2.75) is 38.1 Å². The van der Waals surface area contributed by atoms with Gasteiger partial charge in [0.1, 0.15) is 0 Å². The first-order valence-corrected chi connectivity index (χ1v) is 7.83. The van der Waals surface area contributed by atoms with E-state index in [-0.39, 0.29) is 0 Å². The SMILES string of the molecule is Nc1nc(Nc2ccc(Cl)cc2Cl)nn1C1CCCCC1. The van der Waals surface area contributed by atoms with E-state index in [0.717, 1.165) is 12.8 Å². The Labute approximate surface area is 133 Å². The van der Waals surface area contributed by atoms with Gasteiger partial charge < -0.3 is 11.1 Å². The molecule has 0 atom stereocenters. The molecule has 21 heavy (non-hydrogen) atoms. The molecule has 1 fully saturated rings. The average Bonchev–Trinajstić information content (AvgIpc) is 2.84. The smallest absolute Gasteiger partial charge is 0.248 e. The van der Waals surface area contributed by atoms with Crippen molar-refractivity contribution in [3.05, 3.63) is 28.2 Å². The average molecular weight is 326 g/mol. The van der Waals surface area contributed by atoms with Gasteiger partial charge in [-0.05, 0) is 31.0 Å². The number of nitrogen functional groups attached to an aromatic ring is 1. The van der Waals surface area contributed by atoms with Gasteiger partial charge in [-0.25, -0.2) is 4.68 Å². The number of anilines is 3. The van der Waals surface area contributed by atoms with Crippen molar-refractivity contribution in [2.24, 2.45) is 0 Å². The highest BCUT2D eigenvalue weighted by Crippen LogP contribution is 2.31. The van der Waals surface area contributed by atoms with Crippen LogP contribution in [0.5, 0.6) is 0 Å². The van der Waals surface area contributed by atoms with Crippen LogP contribution in [0.4, 0.5) is 17.6 Å². The summed E-state index contributed by atoms with van der Waals surface area (Å²) in [6.07, 6.45) is 5.94. The van der Waals surface area contributed by atoms with Crippen molar-refractivity contribution in [1.82, 2.24) is 14.8 Å². The van der Waals surface area contributed by atoms with E-state index < -0.39 is 0 Å². The zero-order chi connectivity index (χ0) is 14.8. The molecule has 112 valence electrons. The summed E-state index contributed by atoms with van der Waals surface area (Å²) in [5.74, 6) is 0.900. The minimum Gasteiger partial charge on any atom is -0.368 e. The highest BCUT2D eigenvalue weighted by Gasteiger charge is 2.20. The molecule has 1 aliphatic carbocycles. The number of rotatable bonds is 3. The summed E-state index contributed by atoms with van der Waals surface area (Å²) in [5.41, 5.74) is 6.69. The topological polar surface area (TPSA) is 68.8 Å². The van der Waals surface area contributed by atoms with Gasteiger partial charge in [0.05, 0.1) is 16.8 Å². The maximum absolute atomic E-state index is 6.13. The molecule has 0 radical (unpaired) electrons. The molecule has 1 heterocycles. The van der Waals surface area contributed by atoms with Crippen molar-refractivity contribution in [1.29, 1.82) is 0 Å². The molecule has 1 aromatic heterocycles. The molecule has 0 aliphatic heterocycles. The van der Waals surface area contributed by atoms with Crippen LogP contribution in [0.1, 0.15) is 38.1 Å². The summed E-state index contributed by atoms with van der Waals surface area (Å²) >= 11 is 12.0. The number of hydrogen-bond donors (Lipinski definition) is 2. The molecule has 1 saturated carbocycles. The molecule has 1 aliphatic rings. The first-order valence-electron chi connectivity index (χ1n) is 7.07. The lowest BCUT2D eigenvalue weighted by Crippen LogP contribution is -2.16. The first-order chi connectivity index (χ1) is 10.1. The maximum Gasteiger partial charge on any atom is 0.248 e. The van der Waals surface area contributed by atoms with Crippen LogP contribution in [0.15, 0.2) is 18.2 Å². The highest BCUT2D eigenvalue weighted by atomic mass is 35.5. The van der Waals surface area contributed by atoms with Gasteiger partial charge in [-0.3, -0.25) is 0 Å². The Hall–Kier alpha value is -1.46. The van der Waals surface area contributed by atoms with Crippen LogP contribution < -0.4 is 11.1 Å². The molecule has 7 heteroatoms. The number of hydrogen-bond acceptors (Lipinski definition) is 4. The number of halogens is 2. The van der Waals surface area contributed by atoms with Gasteiger partial charge >= 0.3 is 0 Å². The molecule has 0 spiro atoms. The van der Waals surface area contributed by atoms with Gasteiger partial charge in [-0.15, -0.1) is 5.10 Å². The Kier molecular flexibility index (Phi) is 4.22. The summed E-state index contributed by atoms with van der Waals surface area (Å²) in [4.78, 5) is 4.27. The zero-order valence-corrected chi connectivity index (χ0v) is 13.0. The number of nitrogens with zero attached hydrogens (tertiary/aromatic N) is 3. The van der Waals surface area contributed by atoms with E-state index in [4.69, 9.17) is 28.9 Å². The van der Waals surface area contributed by atoms with Crippen LogP contribution in [0, 0.1) is 0 Å². The monoisotopic (exact) mass is 325 g/mol. The van der Waals surface area contributed by atoms with Crippen molar-refractivity contribution in [2.75, 3.05) is 11.1 Å². The predicted molar refractivity (Wildman–Crippen MR) is 86.3 cm³/mol. The van der Waals surface area contributed by atoms with E-state index >= 15 is 0 Å². The summed E-state index contributed by atoms with van der Waals surface area (Å²) in [6, 6.07) is 5.58. The number of benzene rings is 1. The lowest BCUT2D eigenvalue weighted by atomic mass is 9.96. The summed E-state index contributed by atoms with van der Waals surface area (Å²) in [5, 5.41) is 8.67. The molecule has 0 unspecified atom stereocenters. The third-order valence-electron chi connectivity index (χ3n) is 3.76. The standard InChI is InChI=1S/C14H17Cl2N5/c15-9-6-7-12(11(16)8-9)18-14-19-13(17)21(20-14)10-4-2-1-3-5-10/h6-8,10H,1-5H2,(H3,17,18,19,20). The van der Waals surface area contributed by atoms with Gasteiger partial charge in [0.15, 0.2) is 0 Å². The summed E-state index contributed by atoms with van der Waals surface area (Å²) < 4.78 is 1.82. The second-order valence-electron chi connectivity index (χ2n) is 5.28. The van der Waals surface area contributed by atoms with E-state index in [2.05, 4.69) is 15.4 Å². The predicted octanol–water partition coefficient (Wildman–Crippen LogP) is 4.42. The largest absolute Gasteiger partial charge is 0.368 e. The second-order valence-corrected chi connectivity index (χ2v) is 6.12. The molecule has 1 aromatic carbocycles. The Bertz CT molecular complexity index is 634. The van der Waals surface area contributed by atoms with Gasteiger partial charge in [0, 0.05) is 5.02 Å². The molecule has 0 amide bonds. The zero-order valence-electron chi connectivity index (χ0n) is 11.5. The second kappa shape index (κ2) is 6.12. The van der Waals surface area contributed by atoms with Crippen LogP contribution in [-0.4, -0.2) is 14.8 Å². The Morgan fingerprint density at radius 1 is 1.19 bits per heavy atom. The number of nitrogens with two attached hydrogens (primary N) is 1. The maximum atomic E-state index is 6.13. The number of nitrogens with one attached hydrogen (secondary N) is 1. The Morgan fingerprint density at radius 3 is 2.67 bits per heavy atom. The van der Waals surface area contributed by atoms with E-state index in [1.165, 1.54) is 19.3 Å². The highest BCUT2D eigenvalue weighted by molar-refractivity contribution is 6.36. The molecule has 3 rings (SSSR count).